The Labute approximate surface area is 127 Å². The van der Waals surface area contributed by atoms with Gasteiger partial charge in [0.15, 0.2) is 0 Å². The highest BCUT2D eigenvalue weighted by molar-refractivity contribution is 7.88. The minimum absolute atomic E-state index is 0.277. The van der Waals surface area contributed by atoms with E-state index in [-0.39, 0.29) is 5.91 Å². The van der Waals surface area contributed by atoms with Gasteiger partial charge in [0.2, 0.25) is 15.9 Å². The van der Waals surface area contributed by atoms with Gasteiger partial charge in [0.1, 0.15) is 0 Å². The maximum absolute atomic E-state index is 12.0. The van der Waals surface area contributed by atoms with Gasteiger partial charge in [-0.2, -0.15) is 0 Å². The molecule has 1 unspecified atom stereocenters. The van der Waals surface area contributed by atoms with Crippen molar-refractivity contribution in [3.63, 3.8) is 0 Å². The molecule has 1 heterocycles. The molecule has 2 rings (SSSR count). The zero-order valence-electron chi connectivity index (χ0n) is 13.0. The first-order valence-electron chi connectivity index (χ1n) is 7.78. The van der Waals surface area contributed by atoms with Gasteiger partial charge in [0.25, 0.3) is 0 Å². The maximum Gasteiger partial charge on any atom is 0.222 e. The SMILES string of the molecule is CN(CCNC1CCC(=O)N(CC2CC2)CC1)S(C)(=O)=O. The first-order valence-corrected chi connectivity index (χ1v) is 9.63. The van der Waals surface area contributed by atoms with Gasteiger partial charge in [-0.25, -0.2) is 12.7 Å². The monoisotopic (exact) mass is 317 g/mol. The number of likely N-dealkylation sites (N-methyl/N-ethyl adjacent to an activating group) is 1. The van der Waals surface area contributed by atoms with Crippen LogP contribution in [0.25, 0.3) is 0 Å². The molecule has 1 aliphatic carbocycles. The number of rotatable bonds is 7. The Morgan fingerprint density at radius 1 is 1.29 bits per heavy atom. The first kappa shape index (κ1) is 16.7. The zero-order valence-corrected chi connectivity index (χ0v) is 13.9. The summed E-state index contributed by atoms with van der Waals surface area (Å²) in [7, 11) is -1.52. The number of hydrogen-bond acceptors (Lipinski definition) is 4. The van der Waals surface area contributed by atoms with E-state index in [0.29, 0.717) is 25.6 Å². The summed E-state index contributed by atoms with van der Waals surface area (Å²) in [4.78, 5) is 14.1. The summed E-state index contributed by atoms with van der Waals surface area (Å²) in [6.45, 7) is 2.86. The van der Waals surface area contributed by atoms with E-state index >= 15 is 0 Å². The highest BCUT2D eigenvalue weighted by Gasteiger charge is 2.29. The van der Waals surface area contributed by atoms with Crippen molar-refractivity contribution in [1.29, 1.82) is 0 Å². The third-order valence-electron chi connectivity index (χ3n) is 4.41. The van der Waals surface area contributed by atoms with Crippen LogP contribution >= 0.6 is 0 Å². The minimum Gasteiger partial charge on any atom is -0.342 e. The van der Waals surface area contributed by atoms with E-state index in [4.69, 9.17) is 0 Å². The van der Waals surface area contributed by atoms with Gasteiger partial charge in [-0.05, 0) is 31.6 Å². The second-order valence-corrected chi connectivity index (χ2v) is 8.44. The molecule has 122 valence electrons. The second kappa shape index (κ2) is 7.07. The number of likely N-dealkylation sites (tertiary alicyclic amines) is 1. The molecule has 1 saturated carbocycles. The van der Waals surface area contributed by atoms with Crippen LogP contribution in [0.1, 0.15) is 32.1 Å². The van der Waals surface area contributed by atoms with Gasteiger partial charge >= 0.3 is 0 Å². The van der Waals surface area contributed by atoms with Crippen LogP contribution in [0.5, 0.6) is 0 Å². The number of nitrogens with zero attached hydrogens (tertiary/aromatic N) is 2. The molecule has 0 radical (unpaired) electrons. The molecular weight excluding hydrogens is 290 g/mol. The number of amides is 1. The van der Waals surface area contributed by atoms with Crippen molar-refractivity contribution in [1.82, 2.24) is 14.5 Å². The highest BCUT2D eigenvalue weighted by Crippen LogP contribution is 2.30. The summed E-state index contributed by atoms with van der Waals surface area (Å²) >= 11 is 0. The summed E-state index contributed by atoms with van der Waals surface area (Å²) in [6, 6.07) is 0.311. The summed E-state index contributed by atoms with van der Waals surface area (Å²) < 4.78 is 24.0. The molecule has 7 heteroatoms. The van der Waals surface area contributed by atoms with Gasteiger partial charge in [-0.15, -0.1) is 0 Å². The van der Waals surface area contributed by atoms with E-state index in [1.807, 2.05) is 4.90 Å². The van der Waals surface area contributed by atoms with Gasteiger partial charge in [0.05, 0.1) is 6.26 Å². The first-order chi connectivity index (χ1) is 9.86. The average Bonchev–Trinajstić information content (AvgIpc) is 3.22. The lowest BCUT2D eigenvalue weighted by atomic mass is 10.1. The van der Waals surface area contributed by atoms with Crippen LogP contribution in [0.4, 0.5) is 0 Å². The number of sulfonamides is 1. The smallest absolute Gasteiger partial charge is 0.222 e. The third kappa shape index (κ3) is 5.56. The molecular formula is C14H27N3O3S. The fraction of sp³-hybridized carbons (Fsp3) is 0.929. The van der Waals surface area contributed by atoms with E-state index in [9.17, 15) is 13.2 Å². The Balaban J connectivity index is 1.71. The Morgan fingerprint density at radius 2 is 2.00 bits per heavy atom. The average molecular weight is 317 g/mol. The van der Waals surface area contributed by atoms with Crippen molar-refractivity contribution in [2.75, 3.05) is 39.5 Å². The van der Waals surface area contributed by atoms with Crippen LogP contribution in [-0.2, 0) is 14.8 Å². The van der Waals surface area contributed by atoms with Crippen molar-refractivity contribution in [2.24, 2.45) is 5.92 Å². The van der Waals surface area contributed by atoms with Crippen LogP contribution in [-0.4, -0.2) is 69.1 Å². The standard InChI is InChI=1S/C14H27N3O3S/c1-16(21(2,19)20)10-8-15-13-5-6-14(18)17(9-7-13)11-12-3-4-12/h12-13,15H,3-11H2,1-2H3. The van der Waals surface area contributed by atoms with E-state index < -0.39 is 10.0 Å². The lowest BCUT2D eigenvalue weighted by Crippen LogP contribution is -2.38. The van der Waals surface area contributed by atoms with Crippen LogP contribution in [0.3, 0.4) is 0 Å². The topological polar surface area (TPSA) is 69.7 Å². The predicted molar refractivity (Wildman–Crippen MR) is 82.4 cm³/mol. The summed E-state index contributed by atoms with van der Waals surface area (Å²) in [6.07, 6.45) is 6.16. The van der Waals surface area contributed by atoms with Crippen LogP contribution < -0.4 is 5.32 Å². The molecule has 0 aromatic carbocycles. The van der Waals surface area contributed by atoms with Gasteiger partial charge in [-0.3, -0.25) is 4.79 Å². The minimum atomic E-state index is -3.11. The molecule has 2 aliphatic rings. The Hall–Kier alpha value is -0.660. The fourth-order valence-electron chi connectivity index (χ4n) is 2.64. The van der Waals surface area contributed by atoms with E-state index in [1.165, 1.54) is 23.4 Å². The number of nitrogens with one attached hydrogen (secondary N) is 1. The largest absolute Gasteiger partial charge is 0.342 e. The molecule has 0 aromatic heterocycles. The van der Waals surface area contributed by atoms with Crippen molar-refractivity contribution in [3.8, 4) is 0 Å². The summed E-state index contributed by atoms with van der Waals surface area (Å²) in [5.41, 5.74) is 0. The zero-order chi connectivity index (χ0) is 15.5. The maximum atomic E-state index is 12.0. The fourth-order valence-corrected chi connectivity index (χ4v) is 3.06. The highest BCUT2D eigenvalue weighted by atomic mass is 32.2. The van der Waals surface area contributed by atoms with Crippen LogP contribution in [0.15, 0.2) is 0 Å². The van der Waals surface area contributed by atoms with E-state index in [2.05, 4.69) is 5.32 Å². The Kier molecular flexibility index (Phi) is 5.62. The molecule has 1 atom stereocenters. The lowest BCUT2D eigenvalue weighted by molar-refractivity contribution is -0.130. The lowest BCUT2D eigenvalue weighted by Gasteiger charge is -2.21. The normalized spacial score (nSPS) is 24.4. The molecule has 0 spiro atoms. The summed E-state index contributed by atoms with van der Waals surface area (Å²) in [5, 5.41) is 3.39. The molecule has 21 heavy (non-hydrogen) atoms. The molecule has 6 nitrogen and oxygen atoms in total. The van der Waals surface area contributed by atoms with Gasteiger partial charge < -0.3 is 10.2 Å². The van der Waals surface area contributed by atoms with E-state index in [1.54, 1.807) is 7.05 Å². The van der Waals surface area contributed by atoms with Crippen molar-refractivity contribution in [2.45, 2.75) is 38.1 Å². The molecule has 0 aromatic rings. The van der Waals surface area contributed by atoms with Crippen molar-refractivity contribution in [3.05, 3.63) is 0 Å². The number of carbonyl (C=O) groups excluding carboxylic acids is 1. The number of carbonyl (C=O) groups is 1. The molecule has 0 bridgehead atoms. The Bertz CT molecular complexity index is 462. The predicted octanol–water partition coefficient (Wildman–Crippen LogP) is 0.259. The molecule has 1 saturated heterocycles. The van der Waals surface area contributed by atoms with Gasteiger partial charge in [0, 0.05) is 45.7 Å². The van der Waals surface area contributed by atoms with Crippen molar-refractivity contribution < 1.29 is 13.2 Å². The van der Waals surface area contributed by atoms with Crippen LogP contribution in [0, 0.1) is 5.92 Å². The molecule has 2 fully saturated rings. The molecule has 1 aliphatic heterocycles. The third-order valence-corrected chi connectivity index (χ3v) is 5.72. The quantitative estimate of drug-likeness (QED) is 0.731. The Morgan fingerprint density at radius 3 is 2.62 bits per heavy atom. The van der Waals surface area contributed by atoms with E-state index in [0.717, 1.165) is 31.8 Å². The van der Waals surface area contributed by atoms with Gasteiger partial charge in [-0.1, -0.05) is 0 Å². The molecule has 1 N–H and O–H groups in total. The van der Waals surface area contributed by atoms with Crippen LogP contribution in [0.2, 0.25) is 0 Å². The molecule has 1 amide bonds. The van der Waals surface area contributed by atoms with Crippen molar-refractivity contribution >= 4 is 15.9 Å². The number of hydrogen-bond donors (Lipinski definition) is 1. The summed E-state index contributed by atoms with van der Waals surface area (Å²) in [5.74, 6) is 1.02. The second-order valence-electron chi connectivity index (χ2n) is 6.35.